The van der Waals surface area contributed by atoms with Crippen LogP contribution >= 0.6 is 0 Å². The molecule has 1 aliphatic rings. The van der Waals surface area contributed by atoms with Crippen molar-refractivity contribution < 1.29 is 4.42 Å². The van der Waals surface area contributed by atoms with Gasteiger partial charge in [0.25, 0.3) is 0 Å². The van der Waals surface area contributed by atoms with Crippen LogP contribution in [0.5, 0.6) is 0 Å². The molecule has 8 rings (SSSR count). The van der Waals surface area contributed by atoms with Gasteiger partial charge in [-0.05, 0) is 91.9 Å². The third kappa shape index (κ3) is 3.40. The van der Waals surface area contributed by atoms with E-state index in [4.69, 9.17) is 4.42 Å². The van der Waals surface area contributed by atoms with Crippen molar-refractivity contribution in [3.05, 3.63) is 113 Å². The molecular weight excluding hydrogens is 484 g/mol. The maximum atomic E-state index is 6.59. The van der Waals surface area contributed by atoms with Gasteiger partial charge in [0.05, 0.1) is 0 Å². The van der Waals surface area contributed by atoms with Gasteiger partial charge in [0.1, 0.15) is 11.3 Å². The van der Waals surface area contributed by atoms with Crippen LogP contribution in [0.15, 0.2) is 95.4 Å². The Morgan fingerprint density at radius 2 is 1.40 bits per heavy atom. The van der Waals surface area contributed by atoms with E-state index in [1.165, 1.54) is 76.6 Å². The molecule has 0 fully saturated rings. The van der Waals surface area contributed by atoms with Crippen molar-refractivity contribution in [1.29, 1.82) is 0 Å². The average Bonchev–Trinajstić information content (AvgIpc) is 3.34. The predicted molar refractivity (Wildman–Crippen MR) is 172 cm³/mol. The molecule has 6 aromatic carbocycles. The fourth-order valence-electron chi connectivity index (χ4n) is 6.75. The Labute approximate surface area is 235 Å². The molecule has 1 nitrogen and oxygen atoms in total. The van der Waals surface area contributed by atoms with Crippen molar-refractivity contribution in [2.75, 3.05) is 0 Å². The Balaban J connectivity index is 1.52. The molecule has 0 unspecified atom stereocenters. The minimum Gasteiger partial charge on any atom is -0.456 e. The van der Waals surface area contributed by atoms with E-state index in [2.05, 4.69) is 125 Å². The second kappa shape index (κ2) is 8.32. The molecule has 1 aliphatic carbocycles. The van der Waals surface area contributed by atoms with Crippen molar-refractivity contribution >= 4 is 49.4 Å². The van der Waals surface area contributed by atoms with E-state index in [-0.39, 0.29) is 5.41 Å². The number of aryl methyl sites for hydroxylation is 2. The summed E-state index contributed by atoms with van der Waals surface area (Å²) in [6, 6.07) is 32.2. The molecule has 40 heavy (non-hydrogen) atoms. The number of benzene rings is 6. The first-order chi connectivity index (χ1) is 19.4. The number of para-hydroxylation sites is 1. The van der Waals surface area contributed by atoms with Crippen LogP contribution in [0.3, 0.4) is 0 Å². The summed E-state index contributed by atoms with van der Waals surface area (Å²) in [7, 11) is 0. The molecule has 0 bridgehead atoms. The Kier molecular flexibility index (Phi) is 4.89. The lowest BCUT2D eigenvalue weighted by atomic mass is 9.81. The SMILES string of the molecule is Cc1ccc(-c2cc(-c3cccc4c5c(oc34)C=CCC5)c3ccc4cc(C(C)(C)C)cc5ccc2c3c54)cc1. The molecule has 0 radical (unpaired) electrons. The van der Waals surface area contributed by atoms with Crippen LogP contribution in [-0.4, -0.2) is 0 Å². The first kappa shape index (κ1) is 23.5. The highest BCUT2D eigenvalue weighted by molar-refractivity contribution is 6.28. The summed E-state index contributed by atoms with van der Waals surface area (Å²) in [4.78, 5) is 0. The number of fused-ring (bicyclic) bond motifs is 3. The van der Waals surface area contributed by atoms with E-state index >= 15 is 0 Å². The van der Waals surface area contributed by atoms with Crippen molar-refractivity contribution in [3.8, 4) is 22.3 Å². The van der Waals surface area contributed by atoms with Crippen LogP contribution < -0.4 is 0 Å². The van der Waals surface area contributed by atoms with Gasteiger partial charge in [-0.1, -0.05) is 111 Å². The third-order valence-electron chi connectivity index (χ3n) is 8.91. The topological polar surface area (TPSA) is 13.1 Å². The highest BCUT2D eigenvalue weighted by atomic mass is 16.3. The van der Waals surface area contributed by atoms with Gasteiger partial charge >= 0.3 is 0 Å². The fraction of sp³-hybridized carbons (Fsp3) is 0.179. The van der Waals surface area contributed by atoms with Crippen molar-refractivity contribution in [1.82, 2.24) is 0 Å². The Bertz CT molecular complexity index is 2110. The zero-order valence-electron chi connectivity index (χ0n) is 23.6. The van der Waals surface area contributed by atoms with E-state index < -0.39 is 0 Å². The lowest BCUT2D eigenvalue weighted by Crippen LogP contribution is -2.10. The lowest BCUT2D eigenvalue weighted by Gasteiger charge is -2.23. The quantitative estimate of drug-likeness (QED) is 0.208. The number of hydrogen-bond acceptors (Lipinski definition) is 1. The normalized spacial score (nSPS) is 13.7. The maximum absolute atomic E-state index is 6.59. The molecule has 0 amide bonds. The largest absolute Gasteiger partial charge is 0.456 e. The molecule has 0 aliphatic heterocycles. The molecule has 0 saturated heterocycles. The summed E-state index contributed by atoms with van der Waals surface area (Å²) in [6.45, 7) is 9.05. The summed E-state index contributed by atoms with van der Waals surface area (Å²) in [5.74, 6) is 1.01. The number of allylic oxidation sites excluding steroid dienone is 1. The third-order valence-corrected chi connectivity index (χ3v) is 8.91. The minimum absolute atomic E-state index is 0.0885. The van der Waals surface area contributed by atoms with Crippen molar-refractivity contribution in [3.63, 3.8) is 0 Å². The van der Waals surface area contributed by atoms with Crippen LogP contribution in [0.4, 0.5) is 0 Å². The van der Waals surface area contributed by atoms with Crippen LogP contribution in [0.25, 0.3) is 71.6 Å². The standard InChI is InChI=1S/C39H32O/c1-23-12-14-24(15-13-23)33-22-34(32-10-7-9-31-28-8-5-6-11-35(28)40-38(31)32)30-19-17-26-21-27(39(2,3)4)20-25-16-18-29(33)37(30)36(25)26/h6-7,9-22H,5,8H2,1-4H3. The zero-order chi connectivity index (χ0) is 27.2. The molecule has 1 heterocycles. The van der Waals surface area contributed by atoms with Crippen LogP contribution in [0.1, 0.15) is 49.6 Å². The Hall–Kier alpha value is -4.36. The highest BCUT2D eigenvalue weighted by Gasteiger charge is 2.23. The van der Waals surface area contributed by atoms with E-state index in [0.29, 0.717) is 0 Å². The summed E-state index contributed by atoms with van der Waals surface area (Å²) < 4.78 is 6.59. The van der Waals surface area contributed by atoms with Crippen molar-refractivity contribution in [2.45, 2.75) is 46.0 Å². The Morgan fingerprint density at radius 1 is 0.675 bits per heavy atom. The number of hydrogen-bond donors (Lipinski definition) is 0. The second-order valence-corrected chi connectivity index (χ2v) is 12.6. The molecule has 0 N–H and O–H groups in total. The van der Waals surface area contributed by atoms with Gasteiger partial charge in [0.15, 0.2) is 0 Å². The van der Waals surface area contributed by atoms with Crippen LogP contribution in [-0.2, 0) is 11.8 Å². The van der Waals surface area contributed by atoms with Gasteiger partial charge in [-0.15, -0.1) is 0 Å². The zero-order valence-corrected chi connectivity index (χ0v) is 23.6. The van der Waals surface area contributed by atoms with E-state index in [0.717, 1.165) is 24.2 Å². The summed E-state index contributed by atoms with van der Waals surface area (Å²) in [5.41, 5.74) is 9.99. The number of furan rings is 1. The maximum Gasteiger partial charge on any atom is 0.142 e. The van der Waals surface area contributed by atoms with Gasteiger partial charge in [0, 0.05) is 16.5 Å². The molecule has 7 aromatic rings. The van der Waals surface area contributed by atoms with Gasteiger partial charge in [-0.2, -0.15) is 0 Å². The number of rotatable bonds is 2. The van der Waals surface area contributed by atoms with Gasteiger partial charge in [-0.3, -0.25) is 0 Å². The molecule has 0 atom stereocenters. The molecule has 0 saturated carbocycles. The first-order valence-electron chi connectivity index (χ1n) is 14.4. The molecule has 1 aromatic heterocycles. The average molecular weight is 517 g/mol. The van der Waals surface area contributed by atoms with Crippen molar-refractivity contribution in [2.24, 2.45) is 0 Å². The fourth-order valence-corrected chi connectivity index (χ4v) is 6.75. The molecule has 1 heteroatoms. The summed E-state index contributed by atoms with van der Waals surface area (Å²) in [5, 5.41) is 9.15. The van der Waals surface area contributed by atoms with E-state index in [1.54, 1.807) is 0 Å². The molecular formula is C39H32O. The lowest BCUT2D eigenvalue weighted by molar-refractivity contribution is 0.591. The molecule has 194 valence electrons. The van der Waals surface area contributed by atoms with E-state index in [9.17, 15) is 0 Å². The highest BCUT2D eigenvalue weighted by Crippen LogP contribution is 2.47. The monoisotopic (exact) mass is 516 g/mol. The Morgan fingerprint density at radius 3 is 2.12 bits per heavy atom. The summed E-state index contributed by atoms with van der Waals surface area (Å²) >= 11 is 0. The van der Waals surface area contributed by atoms with Gasteiger partial charge < -0.3 is 4.42 Å². The van der Waals surface area contributed by atoms with Crippen LogP contribution in [0.2, 0.25) is 0 Å². The van der Waals surface area contributed by atoms with Gasteiger partial charge in [0.2, 0.25) is 0 Å². The molecule has 0 spiro atoms. The smallest absolute Gasteiger partial charge is 0.142 e. The second-order valence-electron chi connectivity index (χ2n) is 12.6. The predicted octanol–water partition coefficient (Wildman–Crippen LogP) is 11.2. The minimum atomic E-state index is 0.0885. The van der Waals surface area contributed by atoms with Gasteiger partial charge in [-0.25, -0.2) is 0 Å². The summed E-state index contributed by atoms with van der Waals surface area (Å²) in [6.07, 6.45) is 6.48. The van der Waals surface area contributed by atoms with Crippen LogP contribution in [0, 0.1) is 6.92 Å². The first-order valence-corrected chi connectivity index (χ1v) is 14.4. The van der Waals surface area contributed by atoms with E-state index in [1.807, 2.05) is 0 Å².